The molecule has 0 aromatic rings. The third-order valence-electron chi connectivity index (χ3n) is 7.90. The Morgan fingerprint density at radius 1 is 1.12 bits per heavy atom. The van der Waals surface area contributed by atoms with Crippen LogP contribution in [-0.2, 0) is 14.3 Å². The molecular weight excluding hydrogens is 331 g/mol. The van der Waals surface area contributed by atoms with Crippen molar-refractivity contribution in [1.82, 2.24) is 0 Å². The van der Waals surface area contributed by atoms with Crippen LogP contribution in [0.2, 0.25) is 0 Å². The van der Waals surface area contributed by atoms with Crippen LogP contribution in [0.25, 0.3) is 0 Å². The number of hydrogen-bond acceptors (Lipinski definition) is 3. The van der Waals surface area contributed by atoms with Crippen molar-refractivity contribution in [1.29, 1.82) is 0 Å². The van der Waals surface area contributed by atoms with Crippen LogP contribution in [0.3, 0.4) is 0 Å². The molecule has 4 heteroatoms. The summed E-state index contributed by atoms with van der Waals surface area (Å²) in [6.07, 6.45) is 1.88. The number of methoxy groups -OCH3 is 1. The summed E-state index contributed by atoms with van der Waals surface area (Å²) in [6.45, 7) is 12.4. The Kier molecular flexibility index (Phi) is 3.67. The summed E-state index contributed by atoms with van der Waals surface area (Å²) < 4.78 is 19.8. The van der Waals surface area contributed by atoms with Gasteiger partial charge in [-0.3, -0.25) is 9.59 Å². The number of ketones is 2. The Morgan fingerprint density at radius 2 is 1.81 bits per heavy atom. The average molecular weight is 358 g/mol. The predicted molar refractivity (Wildman–Crippen MR) is 97.0 cm³/mol. The van der Waals surface area contributed by atoms with E-state index in [-0.39, 0.29) is 34.7 Å². The van der Waals surface area contributed by atoms with Gasteiger partial charge in [0.15, 0.2) is 17.7 Å². The first-order chi connectivity index (χ1) is 12.1. The molecular formula is C22H27FO3. The number of allylic oxidation sites excluding steroid dienone is 2. The fourth-order valence-electron chi connectivity index (χ4n) is 6.72. The minimum absolute atomic E-state index is 0.0516. The second-order valence-corrected chi connectivity index (χ2v) is 9.14. The molecule has 1 unspecified atom stereocenters. The van der Waals surface area contributed by atoms with Gasteiger partial charge in [-0.05, 0) is 61.0 Å². The number of ether oxygens (including phenoxy) is 1. The van der Waals surface area contributed by atoms with E-state index in [1.54, 1.807) is 0 Å². The number of hydrogen-bond donors (Lipinski definition) is 0. The standard InChI is InChI=1S/C22H27FO3/c1-11-8-13-14(6-7-21(3)15(13)9-16(23)20(21)25)22(4)10-12(2)18(24)19(26-5)17(11)22/h13-16H,1-2,6-10H2,3-5H3/t13-,14-,15+,16?,21+,22-/m1/s1. The lowest BCUT2D eigenvalue weighted by molar-refractivity contribution is -0.134. The highest BCUT2D eigenvalue weighted by Crippen LogP contribution is 2.66. The zero-order valence-corrected chi connectivity index (χ0v) is 15.9. The minimum atomic E-state index is -1.33. The molecule has 0 bridgehead atoms. The lowest BCUT2D eigenvalue weighted by Crippen LogP contribution is -2.52. The molecule has 0 N–H and O–H groups in total. The molecule has 0 saturated heterocycles. The predicted octanol–water partition coefficient (Wildman–Crippen LogP) is 4.34. The van der Waals surface area contributed by atoms with E-state index in [4.69, 9.17) is 4.74 Å². The molecule has 3 fully saturated rings. The first-order valence-corrected chi connectivity index (χ1v) is 9.53. The number of carbonyl (C=O) groups is 2. The van der Waals surface area contributed by atoms with Crippen molar-refractivity contribution in [3.8, 4) is 0 Å². The van der Waals surface area contributed by atoms with Gasteiger partial charge in [0.05, 0.1) is 7.11 Å². The van der Waals surface area contributed by atoms with Crippen molar-refractivity contribution in [3.63, 3.8) is 0 Å². The first-order valence-electron chi connectivity index (χ1n) is 9.53. The summed E-state index contributed by atoms with van der Waals surface area (Å²) in [4.78, 5) is 25.0. The highest BCUT2D eigenvalue weighted by atomic mass is 19.1. The maximum atomic E-state index is 14.3. The molecule has 0 aliphatic heterocycles. The fraction of sp³-hybridized carbons (Fsp3) is 0.636. The van der Waals surface area contributed by atoms with Gasteiger partial charge >= 0.3 is 0 Å². The normalized spacial score (nSPS) is 45.4. The fourth-order valence-corrected chi connectivity index (χ4v) is 6.72. The minimum Gasteiger partial charge on any atom is -0.492 e. The molecule has 0 aromatic carbocycles. The number of alkyl halides is 1. The van der Waals surface area contributed by atoms with Gasteiger partial charge in [0, 0.05) is 16.4 Å². The largest absolute Gasteiger partial charge is 0.492 e. The molecule has 0 heterocycles. The van der Waals surface area contributed by atoms with Crippen LogP contribution in [0.4, 0.5) is 4.39 Å². The molecule has 6 atom stereocenters. The lowest BCUT2D eigenvalue weighted by Gasteiger charge is -2.57. The molecule has 4 aliphatic rings. The van der Waals surface area contributed by atoms with Crippen LogP contribution in [0.5, 0.6) is 0 Å². The topological polar surface area (TPSA) is 43.4 Å². The molecule has 0 amide bonds. The third kappa shape index (κ3) is 1.99. The maximum absolute atomic E-state index is 14.3. The van der Waals surface area contributed by atoms with E-state index < -0.39 is 11.6 Å². The Balaban J connectivity index is 1.83. The summed E-state index contributed by atoms with van der Waals surface area (Å²) >= 11 is 0. The molecule has 3 nitrogen and oxygen atoms in total. The zero-order valence-electron chi connectivity index (χ0n) is 15.9. The van der Waals surface area contributed by atoms with Crippen molar-refractivity contribution in [3.05, 3.63) is 35.6 Å². The Bertz CT molecular complexity index is 778. The van der Waals surface area contributed by atoms with Gasteiger partial charge in [0.1, 0.15) is 0 Å². The van der Waals surface area contributed by atoms with Crippen molar-refractivity contribution >= 4 is 11.6 Å². The van der Waals surface area contributed by atoms with Crippen molar-refractivity contribution in [2.75, 3.05) is 7.11 Å². The number of fused-ring (bicyclic) bond motifs is 5. The Hall–Kier alpha value is -1.71. The zero-order chi connectivity index (χ0) is 19.0. The van der Waals surface area contributed by atoms with Crippen LogP contribution < -0.4 is 0 Å². The Morgan fingerprint density at radius 3 is 2.46 bits per heavy atom. The molecule has 4 aliphatic carbocycles. The number of Topliss-reactive ketones (excluding diaryl/α,β-unsaturated/α-hetero) is 2. The monoisotopic (exact) mass is 358 g/mol. The smallest absolute Gasteiger partial charge is 0.223 e. The van der Waals surface area contributed by atoms with E-state index in [1.807, 2.05) is 6.92 Å². The van der Waals surface area contributed by atoms with Crippen LogP contribution in [0, 0.1) is 28.6 Å². The van der Waals surface area contributed by atoms with Gasteiger partial charge in [-0.2, -0.15) is 0 Å². The summed E-state index contributed by atoms with van der Waals surface area (Å²) in [5.41, 5.74) is 1.58. The molecule has 3 saturated carbocycles. The van der Waals surface area contributed by atoms with E-state index in [0.29, 0.717) is 30.6 Å². The van der Waals surface area contributed by atoms with E-state index in [1.165, 1.54) is 7.11 Å². The number of carbonyl (C=O) groups excluding carboxylic acids is 2. The van der Waals surface area contributed by atoms with Gasteiger partial charge in [0.25, 0.3) is 0 Å². The second kappa shape index (κ2) is 5.40. The lowest BCUT2D eigenvalue weighted by atomic mass is 9.46. The van der Waals surface area contributed by atoms with Crippen LogP contribution >= 0.6 is 0 Å². The van der Waals surface area contributed by atoms with Gasteiger partial charge in [-0.15, -0.1) is 0 Å². The van der Waals surface area contributed by atoms with Gasteiger partial charge < -0.3 is 4.74 Å². The summed E-state index contributed by atoms with van der Waals surface area (Å²) in [5, 5.41) is 0. The summed E-state index contributed by atoms with van der Waals surface area (Å²) in [6, 6.07) is 0. The third-order valence-corrected chi connectivity index (χ3v) is 7.90. The van der Waals surface area contributed by atoms with Crippen molar-refractivity contribution in [2.24, 2.45) is 28.6 Å². The highest BCUT2D eigenvalue weighted by Gasteiger charge is 2.63. The van der Waals surface area contributed by atoms with E-state index in [2.05, 4.69) is 20.1 Å². The molecule has 0 spiro atoms. The average Bonchev–Trinajstić information content (AvgIpc) is 2.81. The van der Waals surface area contributed by atoms with Crippen molar-refractivity contribution in [2.45, 2.75) is 52.1 Å². The molecule has 0 radical (unpaired) electrons. The number of rotatable bonds is 1. The Labute approximate surface area is 154 Å². The SMILES string of the molecule is C=C1C[C@@]2(C)C(=C(OC)C1=O)C(=C)C[C@@H]1[C@H]2CC[C@]2(C)C(=O)C(F)C[C@@H]12. The molecule has 140 valence electrons. The summed E-state index contributed by atoms with van der Waals surface area (Å²) in [5.74, 6) is 0.606. The molecule has 26 heavy (non-hydrogen) atoms. The van der Waals surface area contributed by atoms with Gasteiger partial charge in [-0.1, -0.05) is 27.0 Å². The van der Waals surface area contributed by atoms with Gasteiger partial charge in [-0.25, -0.2) is 4.39 Å². The maximum Gasteiger partial charge on any atom is 0.223 e. The van der Waals surface area contributed by atoms with E-state index >= 15 is 0 Å². The van der Waals surface area contributed by atoms with E-state index in [0.717, 1.165) is 24.0 Å². The van der Waals surface area contributed by atoms with E-state index in [9.17, 15) is 14.0 Å². The second-order valence-electron chi connectivity index (χ2n) is 9.14. The first kappa shape index (κ1) is 17.7. The van der Waals surface area contributed by atoms with Gasteiger partial charge in [0.2, 0.25) is 5.78 Å². The quantitative estimate of drug-likeness (QED) is 0.655. The summed E-state index contributed by atoms with van der Waals surface area (Å²) in [7, 11) is 1.53. The van der Waals surface area contributed by atoms with Crippen LogP contribution in [0.15, 0.2) is 35.6 Å². The molecule has 0 aromatic heterocycles. The molecule has 4 rings (SSSR count). The van der Waals surface area contributed by atoms with Crippen molar-refractivity contribution < 1.29 is 18.7 Å². The van der Waals surface area contributed by atoms with Crippen LogP contribution in [0.1, 0.15) is 46.0 Å². The van der Waals surface area contributed by atoms with Crippen LogP contribution in [-0.4, -0.2) is 24.8 Å². The highest BCUT2D eigenvalue weighted by molar-refractivity contribution is 6.08. The number of halogens is 1.